The van der Waals surface area contributed by atoms with Crippen molar-refractivity contribution >= 4 is 0 Å². The van der Waals surface area contributed by atoms with Crippen LogP contribution in [0.1, 0.15) is 63.2 Å². The Morgan fingerprint density at radius 3 is 2.24 bits per heavy atom. The van der Waals surface area contributed by atoms with Gasteiger partial charge in [-0.15, -0.1) is 0 Å². The monoisotopic (exact) mass is 564 g/mol. The maximum absolute atomic E-state index is 14.0. The molecule has 8 heteroatoms. The van der Waals surface area contributed by atoms with Crippen molar-refractivity contribution in [3.05, 3.63) is 116 Å². The summed E-state index contributed by atoms with van der Waals surface area (Å²) in [6.45, 7) is 10.0. The third-order valence-electron chi connectivity index (χ3n) is 6.98. The Balaban J connectivity index is 1.49. The fourth-order valence-electron chi connectivity index (χ4n) is 5.06. The number of benzene rings is 3. The summed E-state index contributed by atoms with van der Waals surface area (Å²) in [6.07, 6.45) is 3.20. The van der Waals surface area contributed by atoms with Gasteiger partial charge < -0.3 is 4.74 Å². The van der Waals surface area contributed by atoms with Crippen molar-refractivity contribution in [1.82, 2.24) is 19.7 Å². The van der Waals surface area contributed by atoms with Crippen LogP contribution in [0.4, 0.5) is 0 Å². The fourth-order valence-corrected chi connectivity index (χ4v) is 5.06. The minimum Gasteiger partial charge on any atom is -0.488 e. The Hall–Kier alpha value is -4.72. The number of nitrogens with one attached hydrogen (secondary N) is 1. The van der Waals surface area contributed by atoms with E-state index >= 15 is 0 Å². The highest BCUT2D eigenvalue weighted by Gasteiger charge is 2.18. The Bertz CT molecular complexity index is 1790. The van der Waals surface area contributed by atoms with Gasteiger partial charge in [-0.2, -0.15) is 0 Å². The highest BCUT2D eigenvalue weighted by Crippen LogP contribution is 2.30. The average Bonchev–Trinajstić information content (AvgIpc) is 3.40. The van der Waals surface area contributed by atoms with Gasteiger partial charge in [0.25, 0.3) is 5.56 Å². The third kappa shape index (κ3) is 6.43. The zero-order chi connectivity index (χ0) is 29.9. The number of H-pyrrole nitrogens is 1. The van der Waals surface area contributed by atoms with Crippen molar-refractivity contribution in [3.63, 3.8) is 0 Å². The summed E-state index contributed by atoms with van der Waals surface area (Å²) < 4.78 is 12.4. The van der Waals surface area contributed by atoms with Gasteiger partial charge >= 0.3 is 5.76 Å². The molecule has 0 radical (unpaired) electrons. The van der Waals surface area contributed by atoms with E-state index in [1.54, 1.807) is 4.57 Å². The SMILES string of the molecule is CCCCc1nc(C)n(-c2ccc(OC(C)(C)C)cc2)c(=O)c1Cc1ccc(-c2ccccc2-c2noc(=O)[nH]2)cc1. The van der Waals surface area contributed by atoms with Crippen molar-refractivity contribution in [3.8, 4) is 34.0 Å². The number of hydrogen-bond acceptors (Lipinski definition) is 6. The summed E-state index contributed by atoms with van der Waals surface area (Å²) >= 11 is 0. The number of nitrogens with zero attached hydrogens (tertiary/aromatic N) is 3. The van der Waals surface area contributed by atoms with Crippen LogP contribution in [0.5, 0.6) is 5.75 Å². The van der Waals surface area contributed by atoms with Gasteiger partial charge in [-0.25, -0.2) is 9.78 Å². The lowest BCUT2D eigenvalue weighted by Gasteiger charge is -2.21. The molecule has 5 aromatic rings. The van der Waals surface area contributed by atoms with Crippen LogP contribution in [-0.2, 0) is 12.8 Å². The van der Waals surface area contributed by atoms with Crippen molar-refractivity contribution < 1.29 is 9.26 Å². The molecular weight excluding hydrogens is 528 g/mol. The van der Waals surface area contributed by atoms with E-state index in [4.69, 9.17) is 14.2 Å². The van der Waals surface area contributed by atoms with Crippen LogP contribution in [0, 0.1) is 6.92 Å². The van der Waals surface area contributed by atoms with Gasteiger partial charge in [0, 0.05) is 17.5 Å². The molecule has 216 valence electrons. The van der Waals surface area contributed by atoms with E-state index in [1.807, 2.05) is 100 Å². The first-order chi connectivity index (χ1) is 20.1. The maximum atomic E-state index is 14.0. The molecule has 0 aliphatic carbocycles. The lowest BCUT2D eigenvalue weighted by atomic mass is 9.96. The van der Waals surface area contributed by atoms with E-state index in [1.165, 1.54) is 0 Å². The van der Waals surface area contributed by atoms with E-state index in [2.05, 4.69) is 17.1 Å². The second-order valence-electron chi connectivity index (χ2n) is 11.4. The van der Waals surface area contributed by atoms with Crippen LogP contribution in [-0.4, -0.2) is 25.3 Å². The van der Waals surface area contributed by atoms with Gasteiger partial charge in [0.15, 0.2) is 5.82 Å². The largest absolute Gasteiger partial charge is 0.488 e. The molecule has 5 rings (SSSR count). The molecule has 2 aromatic heterocycles. The normalized spacial score (nSPS) is 11.5. The van der Waals surface area contributed by atoms with E-state index in [0.29, 0.717) is 23.6 Å². The van der Waals surface area contributed by atoms with E-state index < -0.39 is 5.76 Å². The quantitative estimate of drug-likeness (QED) is 0.215. The predicted octanol–water partition coefficient (Wildman–Crippen LogP) is 6.66. The Morgan fingerprint density at radius 2 is 1.62 bits per heavy atom. The minimum absolute atomic E-state index is 0.0532. The molecule has 0 saturated heterocycles. The lowest BCUT2D eigenvalue weighted by Crippen LogP contribution is -2.28. The number of unbranched alkanes of at least 4 members (excludes halogenated alkanes) is 1. The summed E-state index contributed by atoms with van der Waals surface area (Å²) in [5.74, 6) is 1.20. The Labute approximate surface area is 245 Å². The van der Waals surface area contributed by atoms with Crippen LogP contribution in [0.25, 0.3) is 28.2 Å². The molecule has 0 aliphatic rings. The van der Waals surface area contributed by atoms with Crippen LogP contribution in [0.15, 0.2) is 86.9 Å². The Morgan fingerprint density at radius 1 is 0.929 bits per heavy atom. The minimum atomic E-state index is -0.597. The predicted molar refractivity (Wildman–Crippen MR) is 164 cm³/mol. The number of rotatable bonds is 9. The van der Waals surface area contributed by atoms with Crippen LogP contribution in [0.2, 0.25) is 0 Å². The van der Waals surface area contributed by atoms with E-state index in [-0.39, 0.29) is 11.2 Å². The molecule has 0 bridgehead atoms. The van der Waals surface area contributed by atoms with Crippen molar-refractivity contribution in [1.29, 1.82) is 0 Å². The zero-order valence-electron chi connectivity index (χ0n) is 24.7. The topological polar surface area (TPSA) is 103 Å². The van der Waals surface area contributed by atoms with E-state index in [9.17, 15) is 9.59 Å². The molecule has 0 fully saturated rings. The second kappa shape index (κ2) is 12.0. The van der Waals surface area contributed by atoms with Crippen molar-refractivity contribution in [2.45, 2.75) is 65.9 Å². The van der Waals surface area contributed by atoms with Gasteiger partial charge in [-0.3, -0.25) is 18.9 Å². The second-order valence-corrected chi connectivity index (χ2v) is 11.4. The van der Waals surface area contributed by atoms with Gasteiger partial charge in [0.05, 0.1) is 11.4 Å². The van der Waals surface area contributed by atoms with Crippen LogP contribution in [0.3, 0.4) is 0 Å². The summed E-state index contributed by atoms with van der Waals surface area (Å²) in [6, 6.07) is 23.4. The van der Waals surface area contributed by atoms with Crippen molar-refractivity contribution in [2.24, 2.45) is 0 Å². The molecule has 1 N–H and O–H groups in total. The molecule has 3 aromatic carbocycles. The average molecular weight is 565 g/mol. The molecule has 0 saturated carbocycles. The van der Waals surface area contributed by atoms with Gasteiger partial charge in [-0.05, 0) is 81.5 Å². The Kier molecular flexibility index (Phi) is 8.24. The van der Waals surface area contributed by atoms with Crippen molar-refractivity contribution in [2.75, 3.05) is 0 Å². The molecule has 0 atom stereocenters. The number of aromatic nitrogens is 4. The summed E-state index contributed by atoms with van der Waals surface area (Å²) in [7, 11) is 0. The molecule has 0 spiro atoms. The molecular formula is C34H36N4O4. The lowest BCUT2D eigenvalue weighted by molar-refractivity contribution is 0.131. The molecule has 0 unspecified atom stereocenters. The highest BCUT2D eigenvalue weighted by atomic mass is 16.5. The molecule has 8 nitrogen and oxygen atoms in total. The maximum Gasteiger partial charge on any atom is 0.439 e. The number of aryl methyl sites for hydroxylation is 2. The first-order valence-corrected chi connectivity index (χ1v) is 14.3. The summed E-state index contributed by atoms with van der Waals surface area (Å²) in [4.78, 5) is 33.1. The third-order valence-corrected chi connectivity index (χ3v) is 6.98. The molecule has 0 amide bonds. The summed E-state index contributed by atoms with van der Waals surface area (Å²) in [5.41, 5.74) is 5.60. The highest BCUT2D eigenvalue weighted by molar-refractivity contribution is 5.80. The number of hydrogen-bond donors (Lipinski definition) is 1. The van der Waals surface area contributed by atoms with Gasteiger partial charge in [0.1, 0.15) is 17.2 Å². The fraction of sp³-hybridized carbons (Fsp3) is 0.294. The van der Waals surface area contributed by atoms with Crippen LogP contribution >= 0.6 is 0 Å². The molecule has 42 heavy (non-hydrogen) atoms. The standard InChI is InChI=1S/C34H36N4O4/c1-6-7-12-30-29(32(39)38(22(2)35-30)25-17-19-26(20-18-25)41-34(3,4)5)21-23-13-15-24(16-14-23)27-10-8-9-11-28(27)31-36-33(40)42-37-31/h8-11,13-20H,6-7,12,21H2,1-5H3,(H,36,37,40). The first-order valence-electron chi connectivity index (χ1n) is 14.3. The van der Waals surface area contributed by atoms with Crippen LogP contribution < -0.4 is 16.1 Å². The number of ether oxygens (including phenoxy) is 1. The first kappa shape index (κ1) is 28.8. The smallest absolute Gasteiger partial charge is 0.439 e. The van der Waals surface area contributed by atoms with E-state index in [0.717, 1.165) is 58.6 Å². The van der Waals surface area contributed by atoms with Gasteiger partial charge in [0.2, 0.25) is 0 Å². The molecule has 2 heterocycles. The molecule has 0 aliphatic heterocycles. The zero-order valence-corrected chi connectivity index (χ0v) is 24.7. The summed E-state index contributed by atoms with van der Waals surface area (Å²) in [5, 5.41) is 3.86. The number of aromatic amines is 1. The van der Waals surface area contributed by atoms with Gasteiger partial charge in [-0.1, -0.05) is 67.0 Å².